The van der Waals surface area contributed by atoms with E-state index in [0.29, 0.717) is 17.4 Å². The van der Waals surface area contributed by atoms with Gasteiger partial charge in [0.1, 0.15) is 5.75 Å². The Morgan fingerprint density at radius 1 is 1.53 bits per heavy atom. The van der Waals surface area contributed by atoms with Crippen LogP contribution in [0.25, 0.3) is 0 Å². The fraction of sp³-hybridized carbons (Fsp3) is 0.167. The van der Waals surface area contributed by atoms with E-state index in [9.17, 15) is 4.79 Å². The average molecular weight is 251 g/mol. The molecule has 0 aliphatic rings. The van der Waals surface area contributed by atoms with Crippen LogP contribution in [-0.4, -0.2) is 22.9 Å². The van der Waals surface area contributed by atoms with E-state index in [2.05, 4.69) is 4.98 Å². The molecular weight excluding hydrogens is 240 g/mol. The maximum Gasteiger partial charge on any atom is 0.185 e. The van der Waals surface area contributed by atoms with Crippen LogP contribution in [0.5, 0.6) is 5.75 Å². The number of aromatic nitrogens is 2. The lowest BCUT2D eigenvalue weighted by Gasteiger charge is -2.10. The lowest BCUT2D eigenvalue weighted by molar-refractivity contribution is 0.111. The van der Waals surface area contributed by atoms with Gasteiger partial charge in [0.25, 0.3) is 0 Å². The highest BCUT2D eigenvalue weighted by Gasteiger charge is 2.07. The van der Waals surface area contributed by atoms with Crippen molar-refractivity contribution in [2.75, 3.05) is 7.11 Å². The molecule has 4 nitrogen and oxygen atoms in total. The van der Waals surface area contributed by atoms with Gasteiger partial charge in [-0.2, -0.15) is 0 Å². The van der Waals surface area contributed by atoms with Gasteiger partial charge in [-0.3, -0.25) is 4.79 Å². The molecule has 0 aliphatic carbocycles. The predicted molar refractivity (Wildman–Crippen MR) is 64.7 cm³/mol. The Balaban J connectivity index is 2.35. The summed E-state index contributed by atoms with van der Waals surface area (Å²) < 4.78 is 6.98. The summed E-state index contributed by atoms with van der Waals surface area (Å²) in [5, 5.41) is 0.633. The molecule has 0 spiro atoms. The van der Waals surface area contributed by atoms with Gasteiger partial charge in [0.2, 0.25) is 0 Å². The largest absolute Gasteiger partial charge is 0.496 e. The van der Waals surface area contributed by atoms with Crippen molar-refractivity contribution in [2.45, 2.75) is 6.54 Å². The first-order valence-corrected chi connectivity index (χ1v) is 5.41. The number of carbonyl (C=O) groups excluding carboxylic acids is 1. The normalized spacial score (nSPS) is 10.2. The fourth-order valence-electron chi connectivity index (χ4n) is 1.63. The summed E-state index contributed by atoms with van der Waals surface area (Å²) in [5.74, 6) is 1.12. The first kappa shape index (κ1) is 11.7. The van der Waals surface area contributed by atoms with Crippen molar-refractivity contribution in [1.82, 2.24) is 9.55 Å². The van der Waals surface area contributed by atoms with Crippen LogP contribution in [0.15, 0.2) is 30.6 Å². The van der Waals surface area contributed by atoms with Gasteiger partial charge in [0.15, 0.2) is 12.1 Å². The molecule has 1 heterocycles. The Kier molecular flexibility index (Phi) is 3.44. The van der Waals surface area contributed by atoms with Gasteiger partial charge in [-0.1, -0.05) is 11.6 Å². The van der Waals surface area contributed by atoms with Crippen LogP contribution in [-0.2, 0) is 6.54 Å². The highest BCUT2D eigenvalue weighted by atomic mass is 35.5. The predicted octanol–water partition coefficient (Wildman–Crippen LogP) is 2.41. The minimum atomic E-state index is 0.382. The molecule has 88 valence electrons. The van der Waals surface area contributed by atoms with Gasteiger partial charge in [-0.15, -0.1) is 0 Å². The van der Waals surface area contributed by atoms with Gasteiger partial charge in [-0.25, -0.2) is 4.98 Å². The van der Waals surface area contributed by atoms with E-state index in [1.165, 1.54) is 0 Å². The minimum Gasteiger partial charge on any atom is -0.496 e. The van der Waals surface area contributed by atoms with Crippen molar-refractivity contribution in [3.05, 3.63) is 47.0 Å². The fourth-order valence-corrected chi connectivity index (χ4v) is 1.82. The van der Waals surface area contributed by atoms with Crippen LogP contribution < -0.4 is 4.74 Å². The maximum atomic E-state index is 10.8. The Bertz CT molecular complexity index is 537. The molecule has 0 bridgehead atoms. The molecule has 0 saturated carbocycles. The number of carbonyl (C=O) groups is 1. The molecule has 0 atom stereocenters. The van der Waals surface area contributed by atoms with Crippen LogP contribution in [0.4, 0.5) is 0 Å². The third kappa shape index (κ3) is 2.47. The van der Waals surface area contributed by atoms with E-state index in [1.54, 1.807) is 36.2 Å². The zero-order valence-electron chi connectivity index (χ0n) is 9.26. The van der Waals surface area contributed by atoms with Crippen LogP contribution in [0.1, 0.15) is 16.2 Å². The molecule has 1 aromatic carbocycles. The first-order valence-electron chi connectivity index (χ1n) is 5.03. The topological polar surface area (TPSA) is 44.1 Å². The molecule has 17 heavy (non-hydrogen) atoms. The van der Waals surface area contributed by atoms with Crippen molar-refractivity contribution in [3.8, 4) is 5.75 Å². The lowest BCUT2D eigenvalue weighted by atomic mass is 10.2. The standard InChI is InChI=1S/C12H11ClN2O2/c1-17-11-3-2-10(13)6-9(11)7-15-5-4-14-12(15)8-16/h2-6,8H,7H2,1H3. The Morgan fingerprint density at radius 2 is 2.35 bits per heavy atom. The smallest absolute Gasteiger partial charge is 0.185 e. The van der Waals surface area contributed by atoms with Crippen molar-refractivity contribution in [2.24, 2.45) is 0 Å². The number of rotatable bonds is 4. The molecule has 0 saturated heterocycles. The van der Waals surface area contributed by atoms with E-state index in [4.69, 9.17) is 16.3 Å². The summed E-state index contributed by atoms with van der Waals surface area (Å²) in [6.45, 7) is 0.498. The molecular formula is C12H11ClN2O2. The summed E-state index contributed by atoms with van der Waals surface area (Å²) in [5.41, 5.74) is 0.904. The molecule has 0 N–H and O–H groups in total. The summed E-state index contributed by atoms with van der Waals surface area (Å²) in [7, 11) is 1.60. The number of aldehydes is 1. The molecule has 0 radical (unpaired) electrons. The lowest BCUT2D eigenvalue weighted by Crippen LogP contribution is -2.04. The average Bonchev–Trinajstić information content (AvgIpc) is 2.77. The number of imidazole rings is 1. The Morgan fingerprint density at radius 3 is 3.06 bits per heavy atom. The maximum absolute atomic E-state index is 10.8. The number of ether oxygens (including phenoxy) is 1. The summed E-state index contributed by atoms with van der Waals surface area (Å²) in [6.07, 6.45) is 4.04. The van der Waals surface area contributed by atoms with Crippen LogP contribution in [0, 0.1) is 0 Å². The number of methoxy groups -OCH3 is 1. The Hall–Kier alpha value is -1.81. The van der Waals surface area contributed by atoms with E-state index < -0.39 is 0 Å². The van der Waals surface area contributed by atoms with Gasteiger partial charge in [0, 0.05) is 23.0 Å². The zero-order chi connectivity index (χ0) is 12.3. The second-order valence-electron chi connectivity index (χ2n) is 3.49. The second-order valence-corrected chi connectivity index (χ2v) is 3.92. The third-order valence-corrected chi connectivity index (χ3v) is 2.67. The summed E-state index contributed by atoms with van der Waals surface area (Å²) >= 11 is 5.94. The third-order valence-electron chi connectivity index (χ3n) is 2.44. The van der Waals surface area contributed by atoms with E-state index in [1.807, 2.05) is 6.07 Å². The van der Waals surface area contributed by atoms with Crippen molar-refractivity contribution < 1.29 is 9.53 Å². The molecule has 0 aliphatic heterocycles. The van der Waals surface area contributed by atoms with E-state index in [-0.39, 0.29) is 0 Å². The monoisotopic (exact) mass is 250 g/mol. The quantitative estimate of drug-likeness (QED) is 0.783. The molecule has 2 aromatic rings. The summed E-state index contributed by atoms with van der Waals surface area (Å²) in [6, 6.07) is 5.38. The number of benzene rings is 1. The second kappa shape index (κ2) is 5.01. The number of nitrogens with zero attached hydrogens (tertiary/aromatic N) is 2. The SMILES string of the molecule is COc1ccc(Cl)cc1Cn1ccnc1C=O. The van der Waals surface area contributed by atoms with E-state index in [0.717, 1.165) is 17.6 Å². The molecule has 5 heteroatoms. The molecule has 0 unspecified atom stereocenters. The van der Waals surface area contributed by atoms with Crippen molar-refractivity contribution in [3.63, 3.8) is 0 Å². The number of hydrogen-bond acceptors (Lipinski definition) is 3. The minimum absolute atomic E-state index is 0.382. The van der Waals surface area contributed by atoms with Crippen LogP contribution in [0.3, 0.4) is 0 Å². The molecule has 0 fully saturated rings. The van der Waals surface area contributed by atoms with E-state index >= 15 is 0 Å². The van der Waals surface area contributed by atoms with Gasteiger partial charge < -0.3 is 9.30 Å². The van der Waals surface area contributed by atoms with Crippen LogP contribution >= 0.6 is 11.6 Å². The number of halogens is 1. The van der Waals surface area contributed by atoms with Crippen molar-refractivity contribution >= 4 is 17.9 Å². The molecule has 2 rings (SSSR count). The highest BCUT2D eigenvalue weighted by Crippen LogP contribution is 2.23. The first-order chi connectivity index (χ1) is 8.24. The molecule has 0 amide bonds. The van der Waals surface area contributed by atoms with Crippen molar-refractivity contribution in [1.29, 1.82) is 0 Å². The van der Waals surface area contributed by atoms with Gasteiger partial charge >= 0.3 is 0 Å². The Labute approximate surface area is 104 Å². The highest BCUT2D eigenvalue weighted by molar-refractivity contribution is 6.30. The van der Waals surface area contributed by atoms with Gasteiger partial charge in [0.05, 0.1) is 13.7 Å². The van der Waals surface area contributed by atoms with Crippen LogP contribution in [0.2, 0.25) is 5.02 Å². The summed E-state index contributed by atoms with van der Waals surface area (Å²) in [4.78, 5) is 14.7. The molecule has 1 aromatic heterocycles. The zero-order valence-corrected chi connectivity index (χ0v) is 10.0. The number of hydrogen-bond donors (Lipinski definition) is 0. The van der Waals surface area contributed by atoms with Gasteiger partial charge in [-0.05, 0) is 18.2 Å².